The lowest BCUT2D eigenvalue weighted by Crippen LogP contribution is -2.27. The average molecular weight is 420 g/mol. The van der Waals surface area contributed by atoms with E-state index in [9.17, 15) is 18.0 Å². The first kappa shape index (κ1) is 22.2. The van der Waals surface area contributed by atoms with Crippen molar-refractivity contribution in [3.05, 3.63) is 54.1 Å². The van der Waals surface area contributed by atoms with Gasteiger partial charge in [0.1, 0.15) is 5.60 Å². The molecule has 0 atom stereocenters. The van der Waals surface area contributed by atoms with Gasteiger partial charge in [0.05, 0.1) is 12.7 Å². The summed E-state index contributed by atoms with van der Waals surface area (Å²) in [5, 5.41) is 5.38. The quantitative estimate of drug-likeness (QED) is 0.662. The van der Waals surface area contributed by atoms with Crippen molar-refractivity contribution >= 4 is 39.1 Å². The molecule has 0 unspecified atom stereocenters. The van der Waals surface area contributed by atoms with Gasteiger partial charge in [-0.05, 0) is 62.7 Å². The Morgan fingerprint density at radius 1 is 0.862 bits per heavy atom. The molecule has 0 heterocycles. The van der Waals surface area contributed by atoms with E-state index < -0.39 is 21.7 Å². The van der Waals surface area contributed by atoms with Crippen molar-refractivity contribution in [1.82, 2.24) is 0 Å². The van der Waals surface area contributed by atoms with Crippen molar-refractivity contribution in [1.29, 1.82) is 0 Å². The van der Waals surface area contributed by atoms with E-state index in [0.29, 0.717) is 17.1 Å². The number of hydrogen-bond acceptors (Lipinski definition) is 5. The predicted molar refractivity (Wildman–Crippen MR) is 114 cm³/mol. The Morgan fingerprint density at radius 2 is 1.34 bits per heavy atom. The summed E-state index contributed by atoms with van der Waals surface area (Å²) in [6, 6.07) is 13.2. The summed E-state index contributed by atoms with van der Waals surface area (Å²) in [6.45, 7) is 5.35. The van der Waals surface area contributed by atoms with Gasteiger partial charge < -0.3 is 10.1 Å². The summed E-state index contributed by atoms with van der Waals surface area (Å²) in [5.41, 5.74) is 1.72. The molecule has 0 saturated heterocycles. The number of carbonyl (C=O) groups is 2. The van der Waals surface area contributed by atoms with E-state index in [2.05, 4.69) is 15.4 Å². The second-order valence-electron chi connectivity index (χ2n) is 7.50. The summed E-state index contributed by atoms with van der Waals surface area (Å²) in [5.74, 6) is -0.221. The summed E-state index contributed by atoms with van der Waals surface area (Å²) >= 11 is 0. The molecule has 3 N–H and O–H groups in total. The minimum atomic E-state index is -3.35. The van der Waals surface area contributed by atoms with Gasteiger partial charge in [-0.25, -0.2) is 13.2 Å². The van der Waals surface area contributed by atoms with Gasteiger partial charge in [0, 0.05) is 17.1 Å². The van der Waals surface area contributed by atoms with Crippen LogP contribution in [-0.2, 0) is 26.0 Å². The van der Waals surface area contributed by atoms with Crippen molar-refractivity contribution in [3.63, 3.8) is 0 Å². The normalized spacial score (nSPS) is 11.4. The minimum Gasteiger partial charge on any atom is -0.444 e. The van der Waals surface area contributed by atoms with Crippen LogP contribution in [0, 0.1) is 0 Å². The van der Waals surface area contributed by atoms with Crippen LogP contribution in [0.4, 0.5) is 21.9 Å². The predicted octanol–water partition coefficient (Wildman–Crippen LogP) is 3.59. The van der Waals surface area contributed by atoms with Gasteiger partial charge in [-0.1, -0.05) is 12.1 Å². The molecule has 0 aromatic heterocycles. The van der Waals surface area contributed by atoms with E-state index in [1.54, 1.807) is 69.3 Å². The van der Waals surface area contributed by atoms with Crippen LogP contribution in [0.25, 0.3) is 0 Å². The molecule has 8 nitrogen and oxygen atoms in total. The van der Waals surface area contributed by atoms with Crippen LogP contribution in [0.15, 0.2) is 48.5 Å². The van der Waals surface area contributed by atoms with E-state index in [4.69, 9.17) is 4.74 Å². The summed E-state index contributed by atoms with van der Waals surface area (Å²) < 4.78 is 29.9. The Hall–Kier alpha value is -3.07. The molecule has 9 heteroatoms. The first-order chi connectivity index (χ1) is 13.4. The van der Waals surface area contributed by atoms with Gasteiger partial charge in [0.15, 0.2) is 0 Å². The van der Waals surface area contributed by atoms with Crippen molar-refractivity contribution in [2.75, 3.05) is 21.6 Å². The van der Waals surface area contributed by atoms with Crippen molar-refractivity contribution in [3.8, 4) is 0 Å². The van der Waals surface area contributed by atoms with Gasteiger partial charge in [0.25, 0.3) is 0 Å². The fourth-order valence-electron chi connectivity index (χ4n) is 2.35. The lowest BCUT2D eigenvalue weighted by atomic mass is 10.1. The lowest BCUT2D eigenvalue weighted by molar-refractivity contribution is -0.115. The molecule has 2 rings (SSSR count). The molecule has 0 aliphatic heterocycles. The molecular formula is C20H25N3O5S. The third-order valence-corrected chi connectivity index (χ3v) is 4.04. The molecule has 2 aromatic carbocycles. The number of amides is 2. The number of ether oxygens (including phenoxy) is 1. The number of nitrogens with one attached hydrogen (secondary N) is 3. The molecule has 0 saturated carbocycles. The van der Waals surface area contributed by atoms with Crippen molar-refractivity contribution in [2.24, 2.45) is 0 Å². The lowest BCUT2D eigenvalue weighted by Gasteiger charge is -2.19. The average Bonchev–Trinajstić information content (AvgIpc) is 2.55. The molecule has 0 fully saturated rings. The molecule has 0 aliphatic carbocycles. The molecule has 0 spiro atoms. The molecule has 156 valence electrons. The molecule has 29 heavy (non-hydrogen) atoms. The number of rotatable bonds is 6. The van der Waals surface area contributed by atoms with Crippen LogP contribution in [0.5, 0.6) is 0 Å². The monoisotopic (exact) mass is 419 g/mol. The van der Waals surface area contributed by atoms with E-state index in [1.165, 1.54) is 0 Å². The van der Waals surface area contributed by atoms with Crippen LogP contribution in [-0.4, -0.2) is 32.3 Å². The van der Waals surface area contributed by atoms with E-state index >= 15 is 0 Å². The van der Waals surface area contributed by atoms with Gasteiger partial charge in [-0.3, -0.25) is 14.8 Å². The SMILES string of the molecule is CC(C)(C)OC(=O)Nc1ccc(CC(=O)Nc2ccc(NS(C)(=O)=O)cc2)cc1. The maximum absolute atomic E-state index is 12.2. The highest BCUT2D eigenvalue weighted by atomic mass is 32.2. The zero-order valence-corrected chi connectivity index (χ0v) is 17.6. The highest BCUT2D eigenvalue weighted by molar-refractivity contribution is 7.92. The standard InChI is InChI=1S/C20H25N3O5S/c1-20(2,3)28-19(25)22-16-7-5-14(6-8-16)13-18(24)21-15-9-11-17(12-10-15)23-29(4,26)27/h5-12,23H,13H2,1-4H3,(H,21,24)(H,22,25). The van der Waals surface area contributed by atoms with Gasteiger partial charge in [0.2, 0.25) is 15.9 Å². The smallest absolute Gasteiger partial charge is 0.412 e. The second-order valence-corrected chi connectivity index (χ2v) is 9.25. The zero-order valence-electron chi connectivity index (χ0n) is 16.8. The highest BCUT2D eigenvalue weighted by Gasteiger charge is 2.16. The third kappa shape index (κ3) is 8.65. The van der Waals surface area contributed by atoms with E-state index in [0.717, 1.165) is 11.8 Å². The Kier molecular flexibility index (Phi) is 6.86. The molecule has 2 aromatic rings. The maximum atomic E-state index is 12.2. The topological polar surface area (TPSA) is 114 Å². The number of anilines is 3. The Morgan fingerprint density at radius 3 is 1.86 bits per heavy atom. The Labute approximate surface area is 170 Å². The maximum Gasteiger partial charge on any atom is 0.412 e. The zero-order chi connectivity index (χ0) is 21.7. The van der Waals surface area contributed by atoms with Crippen LogP contribution >= 0.6 is 0 Å². The van der Waals surface area contributed by atoms with Crippen LogP contribution in [0.1, 0.15) is 26.3 Å². The van der Waals surface area contributed by atoms with Crippen LogP contribution < -0.4 is 15.4 Å². The largest absolute Gasteiger partial charge is 0.444 e. The number of benzene rings is 2. The number of hydrogen-bond donors (Lipinski definition) is 3. The first-order valence-corrected chi connectivity index (χ1v) is 10.8. The fraction of sp³-hybridized carbons (Fsp3) is 0.300. The Bertz CT molecular complexity index is 963. The van der Waals surface area contributed by atoms with Gasteiger partial charge >= 0.3 is 6.09 Å². The van der Waals surface area contributed by atoms with E-state index in [-0.39, 0.29) is 12.3 Å². The van der Waals surface area contributed by atoms with Gasteiger partial charge in [-0.15, -0.1) is 0 Å². The van der Waals surface area contributed by atoms with Crippen molar-refractivity contribution < 1.29 is 22.7 Å². The molecule has 2 amide bonds. The van der Waals surface area contributed by atoms with Gasteiger partial charge in [-0.2, -0.15) is 0 Å². The summed E-state index contributed by atoms with van der Waals surface area (Å²) in [7, 11) is -3.35. The molecule has 0 aliphatic rings. The van der Waals surface area contributed by atoms with Crippen molar-refractivity contribution in [2.45, 2.75) is 32.8 Å². The first-order valence-electron chi connectivity index (χ1n) is 8.86. The summed E-state index contributed by atoms with van der Waals surface area (Å²) in [4.78, 5) is 24.0. The van der Waals surface area contributed by atoms with Crippen LogP contribution in [0.3, 0.4) is 0 Å². The summed E-state index contributed by atoms with van der Waals surface area (Å²) in [6.07, 6.45) is 0.671. The highest BCUT2D eigenvalue weighted by Crippen LogP contribution is 2.16. The third-order valence-electron chi connectivity index (χ3n) is 3.44. The molecule has 0 bridgehead atoms. The second kappa shape index (κ2) is 8.95. The minimum absolute atomic E-state index is 0.149. The molecule has 0 radical (unpaired) electrons. The number of sulfonamides is 1. The fourth-order valence-corrected chi connectivity index (χ4v) is 2.92. The molecular weight excluding hydrogens is 394 g/mol. The van der Waals surface area contributed by atoms with E-state index in [1.807, 2.05) is 0 Å². The Balaban J connectivity index is 1.88. The number of carbonyl (C=O) groups excluding carboxylic acids is 2. The van der Waals surface area contributed by atoms with Crippen LogP contribution in [0.2, 0.25) is 0 Å².